The number of rotatable bonds is 6. The SMILES string of the molecule is COc1cc(CNC(N)=S)ccc1OCCN. The molecular formula is C11H17N3O2S. The lowest BCUT2D eigenvalue weighted by atomic mass is 10.2. The molecule has 0 atom stereocenters. The highest BCUT2D eigenvalue weighted by atomic mass is 32.1. The van der Waals surface area contributed by atoms with Gasteiger partial charge in [0.15, 0.2) is 16.6 Å². The maximum absolute atomic E-state index is 5.44. The molecule has 1 aromatic rings. The molecule has 0 aromatic heterocycles. The van der Waals surface area contributed by atoms with Gasteiger partial charge < -0.3 is 26.3 Å². The van der Waals surface area contributed by atoms with Gasteiger partial charge in [0.2, 0.25) is 0 Å². The fourth-order valence-electron chi connectivity index (χ4n) is 1.30. The number of ether oxygens (including phenoxy) is 2. The molecule has 0 aliphatic rings. The summed E-state index contributed by atoms with van der Waals surface area (Å²) in [4.78, 5) is 0. The molecular weight excluding hydrogens is 238 g/mol. The molecule has 0 bridgehead atoms. The van der Waals surface area contributed by atoms with Crippen molar-refractivity contribution in [2.75, 3.05) is 20.3 Å². The van der Waals surface area contributed by atoms with Crippen LogP contribution in [0.5, 0.6) is 11.5 Å². The lowest BCUT2D eigenvalue weighted by Crippen LogP contribution is -2.28. The summed E-state index contributed by atoms with van der Waals surface area (Å²) in [5, 5.41) is 3.14. The van der Waals surface area contributed by atoms with Crippen LogP contribution in [-0.2, 0) is 6.54 Å². The third-order valence-electron chi connectivity index (χ3n) is 2.07. The highest BCUT2D eigenvalue weighted by Crippen LogP contribution is 2.27. The summed E-state index contributed by atoms with van der Waals surface area (Å²) in [5.41, 5.74) is 11.7. The topological polar surface area (TPSA) is 82.5 Å². The van der Waals surface area contributed by atoms with Gasteiger partial charge in [0, 0.05) is 13.1 Å². The Hall–Kier alpha value is -1.53. The zero-order valence-corrected chi connectivity index (χ0v) is 10.5. The van der Waals surface area contributed by atoms with E-state index in [0.717, 1.165) is 5.56 Å². The minimum Gasteiger partial charge on any atom is -0.493 e. The van der Waals surface area contributed by atoms with Crippen LogP contribution < -0.4 is 26.3 Å². The van der Waals surface area contributed by atoms with E-state index in [1.54, 1.807) is 7.11 Å². The van der Waals surface area contributed by atoms with Gasteiger partial charge in [-0.3, -0.25) is 0 Å². The highest BCUT2D eigenvalue weighted by Gasteiger charge is 2.05. The summed E-state index contributed by atoms with van der Waals surface area (Å²) in [7, 11) is 1.59. The van der Waals surface area contributed by atoms with E-state index in [9.17, 15) is 0 Å². The summed E-state index contributed by atoms with van der Waals surface area (Å²) in [6, 6.07) is 5.63. The van der Waals surface area contributed by atoms with Crippen molar-refractivity contribution in [3.8, 4) is 11.5 Å². The molecule has 0 amide bonds. The van der Waals surface area contributed by atoms with Crippen molar-refractivity contribution >= 4 is 17.3 Å². The molecule has 0 heterocycles. The first-order valence-electron chi connectivity index (χ1n) is 5.20. The summed E-state index contributed by atoms with van der Waals surface area (Å²) < 4.78 is 10.7. The van der Waals surface area contributed by atoms with Crippen LogP contribution in [0.2, 0.25) is 0 Å². The molecule has 0 aliphatic carbocycles. The largest absolute Gasteiger partial charge is 0.493 e. The second-order valence-electron chi connectivity index (χ2n) is 3.34. The molecule has 6 heteroatoms. The average Bonchev–Trinajstić information content (AvgIpc) is 2.34. The number of hydrogen-bond donors (Lipinski definition) is 3. The second-order valence-corrected chi connectivity index (χ2v) is 3.78. The summed E-state index contributed by atoms with van der Waals surface area (Å²) in [6.07, 6.45) is 0. The lowest BCUT2D eigenvalue weighted by Gasteiger charge is -2.12. The average molecular weight is 255 g/mol. The molecule has 1 aromatic carbocycles. The Kier molecular flexibility index (Phi) is 5.51. The van der Waals surface area contributed by atoms with Gasteiger partial charge in [0.1, 0.15) is 6.61 Å². The molecule has 0 unspecified atom stereocenters. The Morgan fingerprint density at radius 1 is 1.41 bits per heavy atom. The molecule has 1 rings (SSSR count). The summed E-state index contributed by atoms with van der Waals surface area (Å²) >= 11 is 4.74. The molecule has 0 saturated heterocycles. The van der Waals surface area contributed by atoms with E-state index in [-0.39, 0.29) is 5.11 Å². The van der Waals surface area contributed by atoms with Crippen LogP contribution >= 0.6 is 12.2 Å². The van der Waals surface area contributed by atoms with Gasteiger partial charge in [-0.05, 0) is 29.9 Å². The van der Waals surface area contributed by atoms with E-state index in [2.05, 4.69) is 5.32 Å². The normalized spacial score (nSPS) is 9.76. The molecule has 94 valence electrons. The van der Waals surface area contributed by atoms with Gasteiger partial charge in [-0.1, -0.05) is 6.07 Å². The maximum Gasteiger partial charge on any atom is 0.163 e. The maximum atomic E-state index is 5.44. The number of thiocarbonyl (C=S) groups is 1. The van der Waals surface area contributed by atoms with Gasteiger partial charge in [-0.15, -0.1) is 0 Å². The van der Waals surface area contributed by atoms with Crippen LogP contribution in [0.15, 0.2) is 18.2 Å². The number of benzene rings is 1. The third kappa shape index (κ3) is 4.46. The van der Waals surface area contributed by atoms with Crippen molar-refractivity contribution in [3.63, 3.8) is 0 Å². The Labute approximate surface area is 106 Å². The molecule has 0 fully saturated rings. The highest BCUT2D eigenvalue weighted by molar-refractivity contribution is 7.80. The monoisotopic (exact) mass is 255 g/mol. The fourth-order valence-corrected chi connectivity index (χ4v) is 1.37. The van der Waals surface area contributed by atoms with Crippen LogP contribution in [-0.4, -0.2) is 25.4 Å². The Balaban J connectivity index is 2.73. The number of nitrogens with two attached hydrogens (primary N) is 2. The number of hydrogen-bond acceptors (Lipinski definition) is 4. The van der Waals surface area contributed by atoms with E-state index >= 15 is 0 Å². The van der Waals surface area contributed by atoms with Crippen LogP contribution in [0.1, 0.15) is 5.56 Å². The third-order valence-corrected chi connectivity index (χ3v) is 2.21. The van der Waals surface area contributed by atoms with Crippen LogP contribution in [0.3, 0.4) is 0 Å². The van der Waals surface area contributed by atoms with Gasteiger partial charge in [0.05, 0.1) is 7.11 Å². The Morgan fingerprint density at radius 2 is 2.18 bits per heavy atom. The van der Waals surface area contributed by atoms with E-state index < -0.39 is 0 Å². The predicted molar refractivity (Wildman–Crippen MR) is 71.2 cm³/mol. The first kappa shape index (κ1) is 13.5. The minimum atomic E-state index is 0.271. The van der Waals surface area contributed by atoms with Crippen molar-refractivity contribution < 1.29 is 9.47 Å². The van der Waals surface area contributed by atoms with Gasteiger partial charge >= 0.3 is 0 Å². The molecule has 0 saturated carbocycles. The van der Waals surface area contributed by atoms with Gasteiger partial charge in [0.25, 0.3) is 0 Å². The zero-order valence-electron chi connectivity index (χ0n) is 9.73. The van der Waals surface area contributed by atoms with Crippen molar-refractivity contribution in [2.45, 2.75) is 6.54 Å². The molecule has 17 heavy (non-hydrogen) atoms. The van der Waals surface area contributed by atoms with Crippen LogP contribution in [0.25, 0.3) is 0 Å². The quantitative estimate of drug-likeness (QED) is 0.637. The zero-order chi connectivity index (χ0) is 12.7. The second kappa shape index (κ2) is 6.93. The molecule has 5 nitrogen and oxygen atoms in total. The smallest absolute Gasteiger partial charge is 0.163 e. The van der Waals surface area contributed by atoms with E-state index in [1.165, 1.54) is 0 Å². The van der Waals surface area contributed by atoms with Crippen LogP contribution in [0.4, 0.5) is 0 Å². The van der Waals surface area contributed by atoms with E-state index in [1.807, 2.05) is 18.2 Å². The first-order chi connectivity index (χ1) is 8.17. The number of methoxy groups -OCH3 is 1. The molecule has 5 N–H and O–H groups in total. The first-order valence-corrected chi connectivity index (χ1v) is 5.61. The molecule has 0 aliphatic heterocycles. The van der Waals surface area contributed by atoms with Gasteiger partial charge in [-0.2, -0.15) is 0 Å². The van der Waals surface area contributed by atoms with E-state index in [0.29, 0.717) is 31.2 Å². The van der Waals surface area contributed by atoms with Gasteiger partial charge in [-0.25, -0.2) is 0 Å². The molecule has 0 radical (unpaired) electrons. The lowest BCUT2D eigenvalue weighted by molar-refractivity contribution is 0.302. The Bertz CT molecular complexity index is 385. The standard InChI is InChI=1S/C11H17N3O2S/c1-15-10-6-8(7-14-11(13)17)2-3-9(10)16-5-4-12/h2-3,6H,4-5,7,12H2,1H3,(H3,13,14,17). The minimum absolute atomic E-state index is 0.271. The van der Waals surface area contributed by atoms with Crippen molar-refractivity contribution in [3.05, 3.63) is 23.8 Å². The summed E-state index contributed by atoms with van der Waals surface area (Å²) in [5.74, 6) is 1.35. The van der Waals surface area contributed by atoms with Crippen molar-refractivity contribution in [2.24, 2.45) is 11.5 Å². The predicted octanol–water partition coefficient (Wildman–Crippen LogP) is 0.366. The molecule has 0 spiro atoms. The summed E-state index contributed by atoms with van der Waals surface area (Å²) in [6.45, 7) is 1.48. The van der Waals surface area contributed by atoms with Crippen molar-refractivity contribution in [1.82, 2.24) is 5.32 Å². The van der Waals surface area contributed by atoms with Crippen molar-refractivity contribution in [1.29, 1.82) is 0 Å². The fraction of sp³-hybridized carbons (Fsp3) is 0.364. The number of nitrogens with one attached hydrogen (secondary N) is 1. The van der Waals surface area contributed by atoms with Crippen LogP contribution in [0, 0.1) is 0 Å². The Morgan fingerprint density at radius 3 is 2.76 bits per heavy atom. The van der Waals surface area contributed by atoms with E-state index in [4.69, 9.17) is 33.2 Å².